The quantitative estimate of drug-likeness (QED) is 0.822. The van der Waals surface area contributed by atoms with Gasteiger partial charge in [-0.15, -0.1) is 0 Å². The Balaban J connectivity index is 1.47. The molecule has 7 heteroatoms. The second-order valence-corrected chi connectivity index (χ2v) is 6.15. The third kappa shape index (κ3) is 4.56. The molecule has 1 N–H and O–H groups in total. The smallest absolute Gasteiger partial charge is 0.256 e. The van der Waals surface area contributed by atoms with Gasteiger partial charge < -0.3 is 14.5 Å². The van der Waals surface area contributed by atoms with Crippen LogP contribution in [0.15, 0.2) is 40.1 Å². The Morgan fingerprint density at radius 3 is 2.96 bits per heavy atom. The van der Waals surface area contributed by atoms with Crippen molar-refractivity contribution in [2.24, 2.45) is 0 Å². The highest BCUT2D eigenvalue weighted by Gasteiger charge is 2.16. The number of ether oxygens (including phenoxy) is 1. The molecule has 1 amide bonds. The number of nitrogens with zero attached hydrogens (tertiary/aromatic N) is 1. The predicted octanol–water partition coefficient (Wildman–Crippen LogP) is 2.87. The predicted molar refractivity (Wildman–Crippen MR) is 84.6 cm³/mol. The molecule has 23 heavy (non-hydrogen) atoms. The largest absolute Gasteiger partial charge is 0.431 e. The van der Waals surface area contributed by atoms with Gasteiger partial charge in [-0.3, -0.25) is 4.79 Å². The Hall–Kier alpha value is -1.86. The number of amides is 1. The summed E-state index contributed by atoms with van der Waals surface area (Å²) in [6, 6.07) is 5.98. The van der Waals surface area contributed by atoms with Gasteiger partial charge in [-0.05, 0) is 37.1 Å². The first-order valence-electron chi connectivity index (χ1n) is 7.43. The maximum absolute atomic E-state index is 12.9. The van der Waals surface area contributed by atoms with E-state index in [-0.39, 0.29) is 23.6 Å². The van der Waals surface area contributed by atoms with Gasteiger partial charge in [0, 0.05) is 18.7 Å². The maximum Gasteiger partial charge on any atom is 0.256 e. The summed E-state index contributed by atoms with van der Waals surface area (Å²) in [5.41, 5.74) is 0.744. The van der Waals surface area contributed by atoms with E-state index in [1.165, 1.54) is 23.9 Å². The molecular formula is C16H17FN2O3S. The summed E-state index contributed by atoms with van der Waals surface area (Å²) >= 11 is 1.22. The van der Waals surface area contributed by atoms with Crippen LogP contribution in [-0.2, 0) is 9.53 Å². The number of hydrogen-bond acceptors (Lipinski definition) is 5. The lowest BCUT2D eigenvalue weighted by molar-refractivity contribution is -0.119. The SMILES string of the molecule is O=C(CSc1ncc(-c2ccc(F)cc2)o1)NC[C@H]1CCCO1. The van der Waals surface area contributed by atoms with Gasteiger partial charge in [-0.25, -0.2) is 9.37 Å². The van der Waals surface area contributed by atoms with Gasteiger partial charge in [0.25, 0.3) is 5.22 Å². The van der Waals surface area contributed by atoms with Gasteiger partial charge in [-0.1, -0.05) is 11.8 Å². The number of halogens is 1. The van der Waals surface area contributed by atoms with E-state index in [9.17, 15) is 9.18 Å². The fraction of sp³-hybridized carbons (Fsp3) is 0.375. The van der Waals surface area contributed by atoms with Gasteiger partial charge in [0.2, 0.25) is 5.91 Å². The van der Waals surface area contributed by atoms with Crippen molar-refractivity contribution in [1.29, 1.82) is 0 Å². The minimum atomic E-state index is -0.300. The Morgan fingerprint density at radius 1 is 1.39 bits per heavy atom. The molecule has 1 saturated heterocycles. The van der Waals surface area contributed by atoms with E-state index >= 15 is 0 Å². The van der Waals surface area contributed by atoms with Crippen molar-refractivity contribution in [1.82, 2.24) is 10.3 Å². The lowest BCUT2D eigenvalue weighted by atomic mass is 10.2. The highest BCUT2D eigenvalue weighted by molar-refractivity contribution is 7.99. The summed E-state index contributed by atoms with van der Waals surface area (Å²) in [5.74, 6) is 0.404. The summed E-state index contributed by atoms with van der Waals surface area (Å²) < 4.78 is 23.9. The second kappa shape index (κ2) is 7.61. The summed E-state index contributed by atoms with van der Waals surface area (Å²) in [4.78, 5) is 15.9. The molecule has 1 aliphatic rings. The summed E-state index contributed by atoms with van der Waals surface area (Å²) in [7, 11) is 0. The molecule has 122 valence electrons. The standard InChI is InChI=1S/C16H17FN2O3S/c17-12-5-3-11(4-6-12)14-9-19-16(22-14)23-10-15(20)18-8-13-2-1-7-21-13/h3-6,9,13H,1-2,7-8,10H2,(H,18,20)/t13-/m1/s1. The fourth-order valence-corrected chi connectivity index (χ4v) is 2.92. The molecule has 1 aliphatic heterocycles. The molecule has 0 spiro atoms. The number of oxazole rings is 1. The van der Waals surface area contributed by atoms with Gasteiger partial charge >= 0.3 is 0 Å². The number of benzene rings is 1. The Labute approximate surface area is 137 Å². The first kappa shape index (κ1) is 16.0. The van der Waals surface area contributed by atoms with Crippen LogP contribution in [0.25, 0.3) is 11.3 Å². The molecular weight excluding hydrogens is 319 g/mol. The Morgan fingerprint density at radius 2 is 2.22 bits per heavy atom. The van der Waals surface area contributed by atoms with Crippen LogP contribution >= 0.6 is 11.8 Å². The number of carbonyl (C=O) groups is 1. The zero-order valence-electron chi connectivity index (χ0n) is 12.5. The van der Waals surface area contributed by atoms with E-state index in [4.69, 9.17) is 9.15 Å². The van der Waals surface area contributed by atoms with Crippen LogP contribution in [0.5, 0.6) is 0 Å². The van der Waals surface area contributed by atoms with Crippen LogP contribution in [0, 0.1) is 5.82 Å². The number of rotatable bonds is 6. The molecule has 3 rings (SSSR count). The summed E-state index contributed by atoms with van der Waals surface area (Å²) in [5, 5.41) is 3.26. The number of aromatic nitrogens is 1. The minimum Gasteiger partial charge on any atom is -0.431 e. The monoisotopic (exact) mass is 336 g/mol. The first-order chi connectivity index (χ1) is 11.2. The molecule has 0 bridgehead atoms. The van der Waals surface area contributed by atoms with Crippen LogP contribution in [-0.4, -0.2) is 35.9 Å². The molecule has 1 atom stereocenters. The van der Waals surface area contributed by atoms with Gasteiger partial charge in [0.05, 0.1) is 18.1 Å². The molecule has 2 aromatic rings. The van der Waals surface area contributed by atoms with E-state index in [1.54, 1.807) is 18.3 Å². The van der Waals surface area contributed by atoms with E-state index in [0.29, 0.717) is 17.5 Å². The molecule has 1 fully saturated rings. The highest BCUT2D eigenvalue weighted by Crippen LogP contribution is 2.25. The minimum absolute atomic E-state index is 0.0768. The number of hydrogen-bond donors (Lipinski definition) is 1. The number of thioether (sulfide) groups is 1. The van der Waals surface area contributed by atoms with Crippen LogP contribution in [0.1, 0.15) is 12.8 Å². The van der Waals surface area contributed by atoms with Gasteiger partial charge in [0.15, 0.2) is 5.76 Å². The lowest BCUT2D eigenvalue weighted by Crippen LogP contribution is -2.32. The zero-order chi connectivity index (χ0) is 16.1. The number of nitrogens with one attached hydrogen (secondary N) is 1. The summed E-state index contributed by atoms with van der Waals surface area (Å²) in [6.45, 7) is 1.32. The Bertz CT molecular complexity index is 654. The van der Waals surface area contributed by atoms with Crippen molar-refractivity contribution in [3.05, 3.63) is 36.3 Å². The molecule has 0 aliphatic carbocycles. The fourth-order valence-electron chi connectivity index (χ4n) is 2.28. The van der Waals surface area contributed by atoms with Gasteiger partial charge in [-0.2, -0.15) is 0 Å². The first-order valence-corrected chi connectivity index (χ1v) is 8.42. The average Bonchev–Trinajstić information content (AvgIpc) is 3.23. The van der Waals surface area contributed by atoms with E-state index in [0.717, 1.165) is 25.0 Å². The maximum atomic E-state index is 12.9. The van der Waals surface area contributed by atoms with Crippen molar-refractivity contribution < 1.29 is 18.3 Å². The van der Waals surface area contributed by atoms with Gasteiger partial charge in [0.1, 0.15) is 5.82 Å². The molecule has 1 aromatic heterocycles. The van der Waals surface area contributed by atoms with Crippen molar-refractivity contribution >= 4 is 17.7 Å². The van der Waals surface area contributed by atoms with Crippen molar-refractivity contribution in [3.63, 3.8) is 0 Å². The molecule has 0 radical (unpaired) electrons. The Kier molecular flexibility index (Phi) is 5.30. The normalized spacial score (nSPS) is 17.3. The molecule has 0 saturated carbocycles. The van der Waals surface area contributed by atoms with E-state index in [1.807, 2.05) is 0 Å². The lowest BCUT2D eigenvalue weighted by Gasteiger charge is -2.09. The molecule has 0 unspecified atom stereocenters. The summed E-state index contributed by atoms with van der Waals surface area (Å²) in [6.07, 6.45) is 3.75. The second-order valence-electron chi connectivity index (χ2n) is 5.23. The van der Waals surface area contributed by atoms with Crippen LogP contribution in [0.4, 0.5) is 4.39 Å². The third-order valence-electron chi connectivity index (χ3n) is 3.49. The van der Waals surface area contributed by atoms with Crippen molar-refractivity contribution in [2.45, 2.75) is 24.2 Å². The van der Waals surface area contributed by atoms with Crippen LogP contribution < -0.4 is 5.32 Å². The van der Waals surface area contributed by atoms with Crippen molar-refractivity contribution in [2.75, 3.05) is 18.9 Å². The third-order valence-corrected chi connectivity index (χ3v) is 4.33. The van der Waals surface area contributed by atoms with Crippen LogP contribution in [0.2, 0.25) is 0 Å². The van der Waals surface area contributed by atoms with E-state index in [2.05, 4.69) is 10.3 Å². The topological polar surface area (TPSA) is 64.4 Å². The molecule has 5 nitrogen and oxygen atoms in total. The van der Waals surface area contributed by atoms with Crippen LogP contribution in [0.3, 0.4) is 0 Å². The zero-order valence-corrected chi connectivity index (χ0v) is 13.3. The average molecular weight is 336 g/mol. The number of carbonyl (C=O) groups excluding carboxylic acids is 1. The van der Waals surface area contributed by atoms with E-state index < -0.39 is 0 Å². The molecule has 2 heterocycles. The highest BCUT2D eigenvalue weighted by atomic mass is 32.2. The van der Waals surface area contributed by atoms with Crippen molar-refractivity contribution in [3.8, 4) is 11.3 Å². The molecule has 1 aromatic carbocycles.